The van der Waals surface area contributed by atoms with Crippen LogP contribution in [0.1, 0.15) is 12.8 Å². The molecule has 1 saturated carbocycles. The van der Waals surface area contributed by atoms with Gasteiger partial charge in [0.15, 0.2) is 0 Å². The average molecular weight is 324 g/mol. The maximum absolute atomic E-state index is 12.0. The minimum atomic E-state index is -4.80. The minimum absolute atomic E-state index is 0.108. The molecule has 1 aromatic rings. The van der Waals surface area contributed by atoms with Crippen LogP contribution < -0.4 is 14.8 Å². The molecule has 0 spiro atoms. The molecule has 0 radical (unpaired) electrons. The summed E-state index contributed by atoms with van der Waals surface area (Å²) in [7, 11) is -3.73. The lowest BCUT2D eigenvalue weighted by Gasteiger charge is -2.10. The SMILES string of the molecule is O=S(=O)(NCCNC1CC1)c1ccc(OC(F)(F)F)cc1. The van der Waals surface area contributed by atoms with Crippen LogP contribution in [-0.4, -0.2) is 33.9 Å². The van der Waals surface area contributed by atoms with E-state index in [1.807, 2.05) is 0 Å². The lowest BCUT2D eigenvalue weighted by atomic mass is 10.3. The Morgan fingerprint density at radius 2 is 1.76 bits per heavy atom. The Bertz CT molecular complexity index is 568. The zero-order valence-corrected chi connectivity index (χ0v) is 11.8. The number of halogens is 3. The van der Waals surface area contributed by atoms with Crippen molar-refractivity contribution in [2.24, 2.45) is 0 Å². The number of alkyl halides is 3. The van der Waals surface area contributed by atoms with Crippen LogP contribution in [0.25, 0.3) is 0 Å². The van der Waals surface area contributed by atoms with Gasteiger partial charge in [-0.3, -0.25) is 0 Å². The molecular formula is C12H15F3N2O3S. The summed E-state index contributed by atoms with van der Waals surface area (Å²) in [4.78, 5) is -0.108. The van der Waals surface area contributed by atoms with Crippen LogP contribution in [0.15, 0.2) is 29.2 Å². The summed E-state index contributed by atoms with van der Waals surface area (Å²) in [6, 6.07) is 4.54. The molecule has 1 aromatic carbocycles. The van der Waals surface area contributed by atoms with Gasteiger partial charge in [-0.05, 0) is 37.1 Å². The van der Waals surface area contributed by atoms with E-state index < -0.39 is 22.1 Å². The third-order valence-corrected chi connectivity index (χ3v) is 4.27. The Balaban J connectivity index is 1.89. The quantitative estimate of drug-likeness (QED) is 0.748. The predicted octanol–water partition coefficient (Wildman–Crippen LogP) is 1.62. The van der Waals surface area contributed by atoms with E-state index in [9.17, 15) is 21.6 Å². The average Bonchev–Trinajstić information content (AvgIpc) is 3.17. The highest BCUT2D eigenvalue weighted by Crippen LogP contribution is 2.23. The van der Waals surface area contributed by atoms with Crippen molar-refractivity contribution in [1.82, 2.24) is 10.0 Å². The van der Waals surface area contributed by atoms with Crippen LogP contribution in [0.4, 0.5) is 13.2 Å². The molecule has 0 aliphatic heterocycles. The molecule has 0 saturated heterocycles. The van der Waals surface area contributed by atoms with Crippen molar-refractivity contribution in [2.45, 2.75) is 30.1 Å². The molecule has 0 heterocycles. The molecule has 2 N–H and O–H groups in total. The second-order valence-electron chi connectivity index (χ2n) is 4.65. The van der Waals surface area contributed by atoms with Crippen molar-refractivity contribution in [1.29, 1.82) is 0 Å². The molecule has 0 atom stereocenters. The van der Waals surface area contributed by atoms with E-state index >= 15 is 0 Å². The molecule has 21 heavy (non-hydrogen) atoms. The van der Waals surface area contributed by atoms with Gasteiger partial charge in [-0.25, -0.2) is 13.1 Å². The summed E-state index contributed by atoms with van der Waals surface area (Å²) in [5.74, 6) is -0.461. The zero-order chi connectivity index (χ0) is 15.5. The maximum atomic E-state index is 12.0. The highest BCUT2D eigenvalue weighted by atomic mass is 32.2. The summed E-state index contributed by atoms with van der Waals surface area (Å²) in [5.41, 5.74) is 0. The fourth-order valence-corrected chi connectivity index (χ4v) is 2.68. The van der Waals surface area contributed by atoms with Crippen LogP contribution in [-0.2, 0) is 10.0 Å². The van der Waals surface area contributed by atoms with Gasteiger partial charge in [0.05, 0.1) is 4.90 Å². The highest BCUT2D eigenvalue weighted by Gasteiger charge is 2.31. The van der Waals surface area contributed by atoms with Crippen LogP contribution in [0.3, 0.4) is 0 Å². The predicted molar refractivity (Wildman–Crippen MR) is 69.3 cm³/mol. The first-order chi connectivity index (χ1) is 9.76. The van der Waals surface area contributed by atoms with Gasteiger partial charge in [0.25, 0.3) is 0 Å². The van der Waals surface area contributed by atoms with Crippen molar-refractivity contribution in [2.75, 3.05) is 13.1 Å². The lowest BCUT2D eigenvalue weighted by molar-refractivity contribution is -0.274. The summed E-state index contributed by atoms with van der Waals surface area (Å²) >= 11 is 0. The van der Waals surface area contributed by atoms with E-state index in [0.717, 1.165) is 37.1 Å². The van der Waals surface area contributed by atoms with Gasteiger partial charge in [-0.2, -0.15) is 0 Å². The Morgan fingerprint density at radius 1 is 1.14 bits per heavy atom. The third-order valence-electron chi connectivity index (χ3n) is 2.80. The molecule has 5 nitrogen and oxygen atoms in total. The van der Waals surface area contributed by atoms with E-state index in [1.165, 1.54) is 0 Å². The molecule has 2 rings (SSSR count). The summed E-state index contributed by atoms with van der Waals surface area (Å²) in [6.45, 7) is 0.735. The highest BCUT2D eigenvalue weighted by molar-refractivity contribution is 7.89. The number of rotatable bonds is 7. The second-order valence-corrected chi connectivity index (χ2v) is 6.41. The molecule has 1 aliphatic rings. The molecule has 0 bridgehead atoms. The smallest absolute Gasteiger partial charge is 0.406 e. The largest absolute Gasteiger partial charge is 0.573 e. The second kappa shape index (κ2) is 6.20. The molecule has 9 heteroatoms. The number of sulfonamides is 1. The Hall–Kier alpha value is -1.32. The van der Waals surface area contributed by atoms with Gasteiger partial charge >= 0.3 is 6.36 Å². The van der Waals surface area contributed by atoms with Crippen molar-refractivity contribution < 1.29 is 26.3 Å². The number of nitrogens with one attached hydrogen (secondary N) is 2. The Morgan fingerprint density at radius 3 is 2.29 bits per heavy atom. The molecule has 0 amide bonds. The topological polar surface area (TPSA) is 67.4 Å². The van der Waals surface area contributed by atoms with Crippen molar-refractivity contribution in [3.8, 4) is 5.75 Å². The first-order valence-electron chi connectivity index (χ1n) is 6.35. The first kappa shape index (κ1) is 16.1. The first-order valence-corrected chi connectivity index (χ1v) is 7.83. The molecule has 1 aliphatic carbocycles. The number of ether oxygens (including phenoxy) is 1. The van der Waals surface area contributed by atoms with E-state index in [0.29, 0.717) is 12.6 Å². The van der Waals surface area contributed by atoms with Crippen LogP contribution in [0, 0.1) is 0 Å². The molecule has 118 valence electrons. The van der Waals surface area contributed by atoms with Gasteiger partial charge in [-0.1, -0.05) is 0 Å². The Kier molecular flexibility index (Phi) is 4.74. The standard InChI is InChI=1S/C12H15F3N2O3S/c13-12(14,15)20-10-3-5-11(6-4-10)21(18,19)17-8-7-16-9-1-2-9/h3-6,9,16-17H,1-2,7-8H2. The number of hydrogen-bond donors (Lipinski definition) is 2. The number of benzene rings is 1. The third kappa shape index (κ3) is 5.52. The van der Waals surface area contributed by atoms with Gasteiger partial charge in [0.1, 0.15) is 5.75 Å². The van der Waals surface area contributed by atoms with E-state index in [1.54, 1.807) is 0 Å². The molecule has 1 fully saturated rings. The fraction of sp³-hybridized carbons (Fsp3) is 0.500. The number of hydrogen-bond acceptors (Lipinski definition) is 4. The van der Waals surface area contributed by atoms with Crippen LogP contribution in [0.2, 0.25) is 0 Å². The van der Waals surface area contributed by atoms with E-state index in [2.05, 4.69) is 14.8 Å². The fourth-order valence-electron chi connectivity index (χ4n) is 1.65. The minimum Gasteiger partial charge on any atom is -0.406 e. The van der Waals surface area contributed by atoms with E-state index in [4.69, 9.17) is 0 Å². The monoisotopic (exact) mass is 324 g/mol. The van der Waals surface area contributed by atoms with Crippen molar-refractivity contribution in [3.63, 3.8) is 0 Å². The molecule has 0 unspecified atom stereocenters. The van der Waals surface area contributed by atoms with Crippen molar-refractivity contribution >= 4 is 10.0 Å². The van der Waals surface area contributed by atoms with Gasteiger partial charge < -0.3 is 10.1 Å². The van der Waals surface area contributed by atoms with Crippen LogP contribution >= 0.6 is 0 Å². The zero-order valence-electron chi connectivity index (χ0n) is 11.0. The lowest BCUT2D eigenvalue weighted by Crippen LogP contribution is -2.32. The normalized spacial score (nSPS) is 16.0. The maximum Gasteiger partial charge on any atom is 0.573 e. The summed E-state index contributed by atoms with van der Waals surface area (Å²) in [6.07, 6.45) is -2.59. The van der Waals surface area contributed by atoms with Crippen molar-refractivity contribution in [3.05, 3.63) is 24.3 Å². The molecule has 0 aromatic heterocycles. The summed E-state index contributed by atoms with van der Waals surface area (Å²) in [5, 5.41) is 3.14. The Labute approximate surface area is 120 Å². The van der Waals surface area contributed by atoms with Gasteiger partial charge in [0, 0.05) is 19.1 Å². The van der Waals surface area contributed by atoms with Gasteiger partial charge in [-0.15, -0.1) is 13.2 Å². The molecular weight excluding hydrogens is 309 g/mol. The van der Waals surface area contributed by atoms with Crippen LogP contribution in [0.5, 0.6) is 5.75 Å². The van der Waals surface area contributed by atoms with E-state index in [-0.39, 0.29) is 11.4 Å². The summed E-state index contributed by atoms with van der Waals surface area (Å²) < 4.78 is 65.8. The van der Waals surface area contributed by atoms with Gasteiger partial charge in [0.2, 0.25) is 10.0 Å².